The second-order valence-electron chi connectivity index (χ2n) is 30.5. The van der Waals surface area contributed by atoms with Crippen LogP contribution in [0.5, 0.6) is 11.5 Å². The topological polar surface area (TPSA) is 193 Å². The molecule has 2 amide bonds. The van der Waals surface area contributed by atoms with E-state index in [0.717, 1.165) is 107 Å². The fourth-order valence-electron chi connectivity index (χ4n) is 17.7. The zero-order valence-electron chi connectivity index (χ0n) is 59.5. The third-order valence-electron chi connectivity index (χ3n) is 23.6. The lowest BCUT2D eigenvalue weighted by Crippen LogP contribution is -2.62. The molecular formula is C78H113N9O7. The average Bonchev–Trinajstić information content (AvgIpc) is 0.921. The molecule has 94 heavy (non-hydrogen) atoms. The van der Waals surface area contributed by atoms with Gasteiger partial charge in [0.2, 0.25) is 11.8 Å². The molecule has 512 valence electrons. The minimum Gasteiger partial charge on any atom is -0.496 e. The van der Waals surface area contributed by atoms with Crippen molar-refractivity contribution in [1.82, 2.24) is 25.7 Å². The Bertz CT molecular complexity index is 3390. The van der Waals surface area contributed by atoms with Crippen molar-refractivity contribution in [3.8, 4) is 33.8 Å². The van der Waals surface area contributed by atoms with E-state index >= 15 is 0 Å². The first-order valence-electron chi connectivity index (χ1n) is 35.2. The number of nitrogens with one attached hydrogen (secondary N) is 2. The van der Waals surface area contributed by atoms with Crippen molar-refractivity contribution in [2.24, 2.45) is 75.6 Å². The number of aliphatic hydroxyl groups is 1. The zero-order valence-corrected chi connectivity index (χ0v) is 59.5. The summed E-state index contributed by atoms with van der Waals surface area (Å²) in [5.41, 5.74) is 25.2. The van der Waals surface area contributed by atoms with Crippen LogP contribution in [0.25, 0.3) is 22.3 Å². The highest BCUT2D eigenvalue weighted by Crippen LogP contribution is 2.62. The van der Waals surface area contributed by atoms with Gasteiger partial charge in [-0.15, -0.1) is 0 Å². The van der Waals surface area contributed by atoms with E-state index in [9.17, 15) is 14.7 Å². The van der Waals surface area contributed by atoms with Crippen LogP contribution in [0.4, 0.5) is 11.4 Å². The molecule has 8 aliphatic rings. The molecule has 7 N–H and O–H groups in total. The number of hydrogen-bond donors (Lipinski definition) is 5. The number of hydrogen-bond acceptors (Lipinski definition) is 14. The first-order chi connectivity index (χ1) is 44.8. The first kappa shape index (κ1) is 70.7. The number of unbranched alkanes of at least 4 members (excludes halogenated alkanes) is 1. The van der Waals surface area contributed by atoms with Gasteiger partial charge in [0.25, 0.3) is 0 Å². The van der Waals surface area contributed by atoms with Crippen LogP contribution in [0.1, 0.15) is 136 Å². The van der Waals surface area contributed by atoms with E-state index in [1.807, 2.05) is 43.6 Å². The number of aryl methyl sites for hydroxylation is 3. The lowest BCUT2D eigenvalue weighted by Gasteiger charge is -2.62. The SMILES string of the molecule is CCc1cc(-c2cccc(CN3O[C@@H](CN)[C@H]([C@H](C)O)[C@H]3C(=O)N[C@H]3C[C@H]4C[C@@H]([C@@H]3C)C4(C)C)c2OC)cc(N(C)C)c1.COc1c(CN2O[C@@H](CN)[C@@H](C(C)C)[C@H]2C(=O)N[C@H]2C[C@H]3C[C@@H]([C@@H]2C)C3(C)C)cccc1-c1cc(CCCCc2ccccn2)cc(N(C)C)c1. The Morgan fingerprint density at radius 2 is 1.12 bits per heavy atom. The summed E-state index contributed by atoms with van der Waals surface area (Å²) in [6.07, 6.45) is 10.0. The predicted octanol–water partition coefficient (Wildman–Crippen LogP) is 11.9. The van der Waals surface area contributed by atoms with Crippen molar-refractivity contribution in [3.63, 3.8) is 0 Å². The monoisotopic (exact) mass is 1290 g/mol. The van der Waals surface area contributed by atoms with Crippen molar-refractivity contribution >= 4 is 23.2 Å². The number of nitrogens with zero attached hydrogens (tertiary/aromatic N) is 5. The number of hydroxylamine groups is 4. The highest BCUT2D eigenvalue weighted by atomic mass is 16.7. The van der Waals surface area contributed by atoms with Crippen LogP contribution in [-0.4, -0.2) is 130 Å². The second kappa shape index (κ2) is 29.7. The Labute approximate surface area is 562 Å². The molecule has 16 nitrogen and oxygen atoms in total. The Kier molecular flexibility index (Phi) is 22.3. The molecule has 8 fully saturated rings. The summed E-state index contributed by atoms with van der Waals surface area (Å²) in [5.74, 6) is 4.68. The number of aromatic nitrogens is 1. The fourth-order valence-corrected chi connectivity index (χ4v) is 17.7. The molecule has 3 heterocycles. The Morgan fingerprint density at radius 1 is 0.649 bits per heavy atom. The number of para-hydroxylation sites is 2. The number of anilines is 2. The van der Waals surface area contributed by atoms with E-state index in [2.05, 4.69) is 175 Å². The standard InChI is InChI=1S/C43H61N5O3.C35H52N4O4/c1-27(2)39-38(25-44)51-48(40(39)42(49)46-37-24-32-23-36(28(37)3)43(32,4)5)26-30-15-13-18-35(41(30)50-8)31-20-29(21-34(22-31)47(6)7)14-9-10-16-33-17-11-12-19-45-33;1-9-22-13-24(15-26(14-22)38(6)7)27-12-10-11-23(33(27)42-8)19-39-32(31(21(3)40)30(18-36)43-39)34(41)37-29-17-25-16-28(20(29)2)35(25,4)5/h11-13,15,17-22,27-28,32,36-40H,9-10,14,16,23-26,44H2,1-8H3,(H,46,49);10-15,20-21,25,28-32,40H,9,16-19,36H2,1-8H3,(H,37,41)/t28-,32+,36-,37-,38-,39+,40-;20-,21-,25+,28-,29-,30-,31-,32-/m00/s1. The molecule has 4 aromatic carbocycles. The quantitative estimate of drug-likeness (QED) is 0.0366. The Balaban J connectivity index is 0.000000208. The molecule has 13 rings (SSSR count). The maximum atomic E-state index is 14.4. The number of benzene rings is 4. The molecule has 16 heteroatoms. The van der Waals surface area contributed by atoms with E-state index in [4.69, 9.17) is 30.6 Å². The number of pyridine rings is 1. The number of amides is 2. The van der Waals surface area contributed by atoms with Crippen molar-refractivity contribution < 1.29 is 33.8 Å². The first-order valence-corrected chi connectivity index (χ1v) is 35.2. The summed E-state index contributed by atoms with van der Waals surface area (Å²) < 4.78 is 12.2. The molecule has 15 atom stereocenters. The van der Waals surface area contributed by atoms with Crippen molar-refractivity contribution in [2.75, 3.05) is 65.3 Å². The van der Waals surface area contributed by atoms with E-state index in [0.29, 0.717) is 66.0 Å². The van der Waals surface area contributed by atoms with Gasteiger partial charge < -0.3 is 46.5 Å². The molecule has 1 aromatic heterocycles. The van der Waals surface area contributed by atoms with Crippen LogP contribution in [0.2, 0.25) is 0 Å². The van der Waals surface area contributed by atoms with Crippen molar-refractivity contribution in [2.45, 2.75) is 183 Å². The molecule has 2 saturated heterocycles. The average molecular weight is 1290 g/mol. The number of methoxy groups -OCH3 is 2. The molecule has 0 radical (unpaired) electrons. The third-order valence-corrected chi connectivity index (χ3v) is 23.6. The Hall–Kier alpha value is -6.11. The maximum absolute atomic E-state index is 14.4. The lowest BCUT2D eigenvalue weighted by molar-refractivity contribution is -0.176. The highest BCUT2D eigenvalue weighted by Gasteiger charge is 2.59. The Morgan fingerprint density at radius 3 is 1.53 bits per heavy atom. The molecule has 0 spiro atoms. The molecule has 6 saturated carbocycles. The summed E-state index contributed by atoms with van der Waals surface area (Å²) >= 11 is 0. The van der Waals surface area contributed by atoms with Gasteiger partial charge in [0, 0.05) is 111 Å². The van der Waals surface area contributed by atoms with Crippen molar-refractivity contribution in [3.05, 3.63) is 125 Å². The molecule has 2 aliphatic heterocycles. The minimum absolute atomic E-state index is 0.0222. The third kappa shape index (κ3) is 14.5. The molecule has 5 aromatic rings. The van der Waals surface area contributed by atoms with Crippen LogP contribution >= 0.6 is 0 Å². The zero-order chi connectivity index (χ0) is 67.7. The number of ether oxygens (including phenoxy) is 2. The van der Waals surface area contributed by atoms with Crippen LogP contribution in [-0.2, 0) is 51.6 Å². The summed E-state index contributed by atoms with van der Waals surface area (Å²) in [4.78, 5) is 50.2. The van der Waals surface area contributed by atoms with E-state index in [-0.39, 0.29) is 48.4 Å². The van der Waals surface area contributed by atoms with Gasteiger partial charge in [-0.05, 0) is 176 Å². The van der Waals surface area contributed by atoms with Crippen LogP contribution < -0.4 is 41.4 Å². The molecule has 6 aliphatic carbocycles. The van der Waals surface area contributed by atoms with Gasteiger partial charge in [-0.3, -0.25) is 24.2 Å². The number of nitrogens with two attached hydrogens (primary N) is 2. The van der Waals surface area contributed by atoms with E-state index < -0.39 is 30.2 Å². The minimum atomic E-state index is -0.764. The van der Waals surface area contributed by atoms with Gasteiger partial charge >= 0.3 is 0 Å². The highest BCUT2D eigenvalue weighted by molar-refractivity contribution is 5.84. The molecular weight excluding hydrogens is 1170 g/mol. The van der Waals surface area contributed by atoms with Gasteiger partial charge in [-0.1, -0.05) is 117 Å². The lowest BCUT2D eigenvalue weighted by atomic mass is 9.45. The summed E-state index contributed by atoms with van der Waals surface area (Å²) in [7, 11) is 11.7. The normalized spacial score (nSPS) is 28.5. The number of carbonyl (C=O) groups is 2. The van der Waals surface area contributed by atoms with Crippen molar-refractivity contribution in [1.29, 1.82) is 0 Å². The van der Waals surface area contributed by atoms with Gasteiger partial charge in [0.05, 0.1) is 45.6 Å². The van der Waals surface area contributed by atoms with Gasteiger partial charge in [-0.25, -0.2) is 0 Å². The maximum Gasteiger partial charge on any atom is 0.240 e. The number of fused-ring (bicyclic) bond motifs is 4. The van der Waals surface area contributed by atoms with E-state index in [1.165, 1.54) is 24.0 Å². The van der Waals surface area contributed by atoms with Gasteiger partial charge in [0.1, 0.15) is 23.6 Å². The number of aliphatic hydroxyl groups excluding tert-OH is 1. The van der Waals surface area contributed by atoms with Gasteiger partial charge in [-0.2, -0.15) is 10.1 Å². The summed E-state index contributed by atoms with van der Waals surface area (Å²) in [6, 6.07) is 31.2. The number of carbonyl (C=O) groups excluding carboxylic acids is 2. The van der Waals surface area contributed by atoms with Crippen LogP contribution in [0.15, 0.2) is 97.2 Å². The summed E-state index contributed by atoms with van der Waals surface area (Å²) in [6.45, 7) is 23.7. The van der Waals surface area contributed by atoms with Crippen LogP contribution in [0, 0.1) is 64.1 Å². The number of rotatable bonds is 24. The smallest absolute Gasteiger partial charge is 0.240 e. The van der Waals surface area contributed by atoms with Gasteiger partial charge in [0.15, 0.2) is 0 Å². The molecule has 0 unspecified atom stereocenters. The van der Waals surface area contributed by atoms with Crippen LogP contribution in [0.3, 0.4) is 0 Å². The second-order valence-corrected chi connectivity index (χ2v) is 30.5. The van der Waals surface area contributed by atoms with E-state index in [1.54, 1.807) is 26.2 Å². The molecule has 4 bridgehead atoms. The summed E-state index contributed by atoms with van der Waals surface area (Å²) in [5, 5.41) is 21.4. The largest absolute Gasteiger partial charge is 0.496 e. The fraction of sp³-hybridized carbons (Fsp3) is 0.603. The predicted molar refractivity (Wildman–Crippen MR) is 378 cm³/mol.